The van der Waals surface area contributed by atoms with Crippen molar-refractivity contribution in [3.8, 4) is 5.95 Å². The predicted molar refractivity (Wildman–Crippen MR) is 36.9 cm³/mol. The van der Waals surface area contributed by atoms with Crippen molar-refractivity contribution in [2.45, 2.75) is 0 Å². The number of aromatic nitrogens is 5. The molecule has 0 aliphatic rings. The summed E-state index contributed by atoms with van der Waals surface area (Å²) in [5.74, 6) is -0.173. The summed E-state index contributed by atoms with van der Waals surface area (Å²) in [4.78, 5) is 11.1. The third-order valence-corrected chi connectivity index (χ3v) is 1.23. The van der Waals surface area contributed by atoms with Crippen molar-refractivity contribution < 1.29 is 4.39 Å². The van der Waals surface area contributed by atoms with Crippen LogP contribution in [0.1, 0.15) is 0 Å². The molecular weight excluding hydrogens is 161 g/mol. The van der Waals surface area contributed by atoms with Gasteiger partial charge in [0.2, 0.25) is 0 Å². The van der Waals surface area contributed by atoms with Crippen molar-refractivity contribution in [2.24, 2.45) is 0 Å². The maximum absolute atomic E-state index is 12.4. The molecule has 0 radical (unpaired) electrons. The van der Waals surface area contributed by atoms with Crippen LogP contribution in [0.4, 0.5) is 4.39 Å². The highest BCUT2D eigenvalue weighted by molar-refractivity contribution is 5.05. The Morgan fingerprint density at radius 3 is 2.58 bits per heavy atom. The Balaban J connectivity index is 2.43. The molecule has 0 saturated carbocycles. The number of hydrogen-bond donors (Lipinski definition) is 0. The molecule has 6 heteroatoms. The second kappa shape index (κ2) is 2.65. The van der Waals surface area contributed by atoms with E-state index in [1.54, 1.807) is 0 Å². The van der Waals surface area contributed by atoms with Crippen LogP contribution in [0.5, 0.6) is 0 Å². The Kier molecular flexibility index (Phi) is 1.51. The number of halogens is 1. The van der Waals surface area contributed by atoms with Gasteiger partial charge >= 0.3 is 0 Å². The topological polar surface area (TPSA) is 56.5 Å². The Morgan fingerprint density at radius 1 is 1.25 bits per heavy atom. The van der Waals surface area contributed by atoms with Gasteiger partial charge in [0.25, 0.3) is 5.95 Å². The van der Waals surface area contributed by atoms with Gasteiger partial charge in [0.1, 0.15) is 12.7 Å². The molecule has 0 aliphatic carbocycles. The van der Waals surface area contributed by atoms with E-state index in [-0.39, 0.29) is 0 Å². The summed E-state index contributed by atoms with van der Waals surface area (Å²) in [6, 6.07) is 0. The number of rotatable bonds is 1. The standard InChI is InChI=1S/C6H4FN5/c7-5-1-9-6(10-2-5)12-4-8-3-11-12/h1-4H. The lowest BCUT2D eigenvalue weighted by molar-refractivity contribution is 0.608. The summed E-state index contributed by atoms with van der Waals surface area (Å²) >= 11 is 0. The van der Waals surface area contributed by atoms with E-state index in [0.717, 1.165) is 12.4 Å². The quantitative estimate of drug-likeness (QED) is 0.605. The molecule has 60 valence electrons. The zero-order valence-electron chi connectivity index (χ0n) is 5.92. The molecule has 2 rings (SSSR count). The number of nitrogens with zero attached hydrogens (tertiary/aromatic N) is 5. The Bertz CT molecular complexity index is 354. The molecule has 0 fully saturated rings. The smallest absolute Gasteiger partial charge is 0.223 e. The van der Waals surface area contributed by atoms with E-state index in [9.17, 15) is 4.39 Å². The molecule has 2 aromatic rings. The molecule has 0 unspecified atom stereocenters. The van der Waals surface area contributed by atoms with Crippen molar-refractivity contribution in [1.82, 2.24) is 24.7 Å². The fraction of sp³-hybridized carbons (Fsp3) is 0. The van der Waals surface area contributed by atoms with Gasteiger partial charge in [-0.05, 0) is 0 Å². The van der Waals surface area contributed by atoms with Gasteiger partial charge in [-0.15, -0.1) is 0 Å². The van der Waals surface area contributed by atoms with E-state index in [4.69, 9.17) is 0 Å². The highest BCUT2D eigenvalue weighted by Crippen LogP contribution is 1.96. The molecule has 5 nitrogen and oxygen atoms in total. The Morgan fingerprint density at radius 2 is 2.00 bits per heavy atom. The van der Waals surface area contributed by atoms with Gasteiger partial charge in [-0.3, -0.25) is 0 Å². The highest BCUT2D eigenvalue weighted by atomic mass is 19.1. The lowest BCUT2D eigenvalue weighted by Crippen LogP contribution is -2.00. The molecule has 0 aromatic carbocycles. The van der Waals surface area contributed by atoms with Crippen LogP contribution in [0.3, 0.4) is 0 Å². The normalized spacial score (nSPS) is 10.1. The van der Waals surface area contributed by atoms with Crippen LogP contribution >= 0.6 is 0 Å². The van der Waals surface area contributed by atoms with Crippen LogP contribution in [0.2, 0.25) is 0 Å². The lowest BCUT2D eigenvalue weighted by Gasteiger charge is -1.95. The maximum Gasteiger partial charge on any atom is 0.252 e. The average Bonchev–Trinajstić information content (AvgIpc) is 2.58. The fourth-order valence-corrected chi connectivity index (χ4v) is 0.735. The van der Waals surface area contributed by atoms with E-state index in [0.29, 0.717) is 5.95 Å². The summed E-state index contributed by atoms with van der Waals surface area (Å²) in [5, 5.41) is 3.77. The van der Waals surface area contributed by atoms with Crippen molar-refractivity contribution in [3.63, 3.8) is 0 Å². The summed E-state index contributed by atoms with van der Waals surface area (Å²) < 4.78 is 13.7. The van der Waals surface area contributed by atoms with Crippen LogP contribution in [-0.4, -0.2) is 24.7 Å². The first-order valence-corrected chi connectivity index (χ1v) is 3.19. The van der Waals surface area contributed by atoms with Crippen molar-refractivity contribution >= 4 is 0 Å². The first-order valence-electron chi connectivity index (χ1n) is 3.19. The molecule has 12 heavy (non-hydrogen) atoms. The second-order valence-electron chi connectivity index (χ2n) is 2.04. The molecule has 2 aromatic heterocycles. The maximum atomic E-state index is 12.4. The SMILES string of the molecule is Fc1cnc(-n2cncn2)nc1. The largest absolute Gasteiger partial charge is 0.252 e. The predicted octanol–water partition coefficient (Wildman–Crippen LogP) is 0.196. The summed E-state index contributed by atoms with van der Waals surface area (Å²) in [6.07, 6.45) is 4.94. The van der Waals surface area contributed by atoms with Crippen LogP contribution < -0.4 is 0 Å². The van der Waals surface area contributed by atoms with E-state index in [2.05, 4.69) is 20.1 Å². The van der Waals surface area contributed by atoms with Crippen LogP contribution in [0, 0.1) is 5.82 Å². The lowest BCUT2D eigenvalue weighted by atomic mass is 10.6. The molecular formula is C6H4FN5. The first-order chi connectivity index (χ1) is 5.86. The molecule has 0 N–H and O–H groups in total. The Hall–Kier alpha value is -1.85. The van der Waals surface area contributed by atoms with Gasteiger partial charge in [-0.1, -0.05) is 0 Å². The van der Waals surface area contributed by atoms with Gasteiger partial charge in [-0.2, -0.15) is 9.78 Å². The minimum atomic E-state index is -0.473. The van der Waals surface area contributed by atoms with Gasteiger partial charge in [0, 0.05) is 0 Å². The molecule has 0 atom stereocenters. The third kappa shape index (κ3) is 1.14. The van der Waals surface area contributed by atoms with Crippen molar-refractivity contribution in [3.05, 3.63) is 30.9 Å². The van der Waals surface area contributed by atoms with E-state index >= 15 is 0 Å². The monoisotopic (exact) mass is 165 g/mol. The molecule has 2 heterocycles. The third-order valence-electron chi connectivity index (χ3n) is 1.23. The molecule has 0 amide bonds. The van der Waals surface area contributed by atoms with E-state index < -0.39 is 5.82 Å². The van der Waals surface area contributed by atoms with Crippen molar-refractivity contribution in [1.29, 1.82) is 0 Å². The van der Waals surface area contributed by atoms with E-state index in [1.807, 2.05) is 0 Å². The first kappa shape index (κ1) is 6.84. The average molecular weight is 165 g/mol. The molecule has 0 bridgehead atoms. The number of hydrogen-bond acceptors (Lipinski definition) is 4. The zero-order chi connectivity index (χ0) is 8.39. The highest BCUT2D eigenvalue weighted by Gasteiger charge is 1.98. The van der Waals surface area contributed by atoms with Gasteiger partial charge in [0.15, 0.2) is 5.82 Å². The minimum absolute atomic E-state index is 0.300. The van der Waals surface area contributed by atoms with Gasteiger partial charge in [0.05, 0.1) is 12.4 Å². The molecule has 0 saturated heterocycles. The van der Waals surface area contributed by atoms with E-state index in [1.165, 1.54) is 17.3 Å². The van der Waals surface area contributed by atoms with Gasteiger partial charge < -0.3 is 0 Å². The zero-order valence-corrected chi connectivity index (χ0v) is 5.92. The summed E-state index contributed by atoms with van der Waals surface area (Å²) in [7, 11) is 0. The van der Waals surface area contributed by atoms with Crippen molar-refractivity contribution in [2.75, 3.05) is 0 Å². The molecule has 0 aliphatic heterocycles. The second-order valence-corrected chi connectivity index (χ2v) is 2.04. The Labute approximate surface area is 66.9 Å². The van der Waals surface area contributed by atoms with Gasteiger partial charge in [-0.25, -0.2) is 19.3 Å². The summed E-state index contributed by atoms with van der Waals surface area (Å²) in [5.41, 5.74) is 0. The molecule has 0 spiro atoms. The minimum Gasteiger partial charge on any atom is -0.223 e. The van der Waals surface area contributed by atoms with Crippen LogP contribution in [0.25, 0.3) is 5.95 Å². The summed E-state index contributed by atoms with van der Waals surface area (Å²) in [6.45, 7) is 0. The van der Waals surface area contributed by atoms with Crippen LogP contribution in [-0.2, 0) is 0 Å². The fourth-order valence-electron chi connectivity index (χ4n) is 0.735. The van der Waals surface area contributed by atoms with Crippen LogP contribution in [0.15, 0.2) is 25.0 Å².